The molecule has 1 aliphatic heterocycles. The zero-order chi connectivity index (χ0) is 15.5. The summed E-state index contributed by atoms with van der Waals surface area (Å²) in [4.78, 5) is 0.181. The summed E-state index contributed by atoms with van der Waals surface area (Å²) in [5.41, 5.74) is 0. The van der Waals surface area contributed by atoms with Gasteiger partial charge in [0.2, 0.25) is 10.0 Å². The normalized spacial score (nSPS) is 17.2. The van der Waals surface area contributed by atoms with Gasteiger partial charge >= 0.3 is 0 Å². The van der Waals surface area contributed by atoms with Gasteiger partial charge in [0.1, 0.15) is 4.90 Å². The van der Waals surface area contributed by atoms with Crippen LogP contribution in [0.3, 0.4) is 0 Å². The molecule has 0 atom stereocenters. The maximum absolute atomic E-state index is 12.7. The number of hydrogen-bond donors (Lipinski definition) is 1. The van der Waals surface area contributed by atoms with E-state index >= 15 is 0 Å². The summed E-state index contributed by atoms with van der Waals surface area (Å²) in [5, 5.41) is 3.41. The fourth-order valence-electron chi connectivity index (χ4n) is 2.64. The Balaban J connectivity index is 0.00000242. The lowest BCUT2D eigenvalue weighted by Crippen LogP contribution is -2.39. The van der Waals surface area contributed by atoms with E-state index in [1.807, 2.05) is 7.05 Å². The van der Waals surface area contributed by atoms with Crippen molar-refractivity contribution in [1.29, 1.82) is 0 Å². The second kappa shape index (κ2) is 8.85. The molecule has 1 heterocycles. The molecule has 126 valence electrons. The lowest BCUT2D eigenvalue weighted by Gasteiger charge is -2.31. The largest absolute Gasteiger partial charge is 0.320 e. The molecular formula is C14H21BrCl2N2O2S. The quantitative estimate of drug-likeness (QED) is 0.775. The first-order valence-corrected chi connectivity index (χ1v) is 9.66. The second-order valence-corrected chi connectivity index (χ2v) is 8.43. The van der Waals surface area contributed by atoms with Crippen LogP contribution in [0.5, 0.6) is 0 Å². The first kappa shape index (κ1) is 20.2. The van der Waals surface area contributed by atoms with Crippen molar-refractivity contribution in [3.63, 3.8) is 0 Å². The molecule has 1 aliphatic rings. The van der Waals surface area contributed by atoms with Crippen LogP contribution in [0.15, 0.2) is 27.6 Å². The summed E-state index contributed by atoms with van der Waals surface area (Å²) in [6, 6.07) is 5.05. The van der Waals surface area contributed by atoms with Crippen LogP contribution in [-0.2, 0) is 10.0 Å². The van der Waals surface area contributed by atoms with E-state index in [0.717, 1.165) is 25.8 Å². The Morgan fingerprint density at radius 1 is 1.36 bits per heavy atom. The van der Waals surface area contributed by atoms with Crippen molar-refractivity contribution >= 4 is 50.0 Å². The van der Waals surface area contributed by atoms with Crippen LogP contribution in [0, 0.1) is 5.92 Å². The third kappa shape index (κ3) is 4.58. The monoisotopic (exact) mass is 430 g/mol. The highest BCUT2D eigenvalue weighted by molar-refractivity contribution is 9.10. The molecular weight excluding hydrogens is 411 g/mol. The van der Waals surface area contributed by atoms with Crippen molar-refractivity contribution in [3.8, 4) is 0 Å². The van der Waals surface area contributed by atoms with E-state index in [1.165, 1.54) is 0 Å². The Kier molecular flexibility index (Phi) is 8.12. The van der Waals surface area contributed by atoms with Crippen molar-refractivity contribution in [2.45, 2.75) is 24.2 Å². The molecule has 0 saturated carbocycles. The highest BCUT2D eigenvalue weighted by Crippen LogP contribution is 2.33. The Hall–Kier alpha value is 0.150. The SMILES string of the molecule is CNCCC1CCN(S(=O)(=O)c2c(Cl)cccc2Br)CC1.Cl. The Morgan fingerprint density at radius 3 is 2.55 bits per heavy atom. The van der Waals surface area contributed by atoms with Gasteiger partial charge in [-0.1, -0.05) is 17.7 Å². The molecule has 4 nitrogen and oxygen atoms in total. The van der Waals surface area contributed by atoms with E-state index < -0.39 is 10.0 Å². The smallest absolute Gasteiger partial charge is 0.245 e. The van der Waals surface area contributed by atoms with Gasteiger partial charge in [-0.05, 0) is 66.8 Å². The van der Waals surface area contributed by atoms with Crippen LogP contribution in [0.1, 0.15) is 19.3 Å². The fraction of sp³-hybridized carbons (Fsp3) is 0.571. The lowest BCUT2D eigenvalue weighted by molar-refractivity contribution is 0.263. The zero-order valence-corrected chi connectivity index (χ0v) is 16.4. The van der Waals surface area contributed by atoms with Crippen molar-refractivity contribution in [2.75, 3.05) is 26.7 Å². The van der Waals surface area contributed by atoms with Gasteiger partial charge in [0.25, 0.3) is 0 Å². The standard InChI is InChI=1S/C14H20BrClN2O2S.ClH/c1-17-8-5-11-6-9-18(10-7-11)21(19,20)14-12(15)3-2-4-13(14)16;/h2-4,11,17H,5-10H2,1H3;1H. The molecule has 1 aromatic carbocycles. The number of rotatable bonds is 5. The predicted molar refractivity (Wildman–Crippen MR) is 96.4 cm³/mol. The molecule has 0 unspecified atom stereocenters. The minimum absolute atomic E-state index is 0. The van der Waals surface area contributed by atoms with Gasteiger partial charge in [0.05, 0.1) is 5.02 Å². The van der Waals surface area contributed by atoms with Crippen LogP contribution >= 0.6 is 39.9 Å². The van der Waals surface area contributed by atoms with Gasteiger partial charge < -0.3 is 5.32 Å². The van der Waals surface area contributed by atoms with Crippen molar-refractivity contribution in [2.24, 2.45) is 5.92 Å². The number of halogens is 3. The number of nitrogens with zero attached hydrogens (tertiary/aromatic N) is 1. The molecule has 1 aromatic rings. The molecule has 1 saturated heterocycles. The minimum atomic E-state index is -3.53. The highest BCUT2D eigenvalue weighted by atomic mass is 79.9. The third-order valence-corrected chi connectivity index (χ3v) is 7.24. The summed E-state index contributed by atoms with van der Waals surface area (Å²) in [7, 11) is -1.59. The van der Waals surface area contributed by atoms with Gasteiger partial charge in [-0.3, -0.25) is 0 Å². The molecule has 0 bridgehead atoms. The van der Waals surface area contributed by atoms with Crippen LogP contribution in [0.25, 0.3) is 0 Å². The number of nitrogens with one attached hydrogen (secondary N) is 1. The van der Waals surface area contributed by atoms with Gasteiger partial charge in [0.15, 0.2) is 0 Å². The lowest BCUT2D eigenvalue weighted by atomic mass is 9.95. The van der Waals surface area contributed by atoms with Crippen molar-refractivity contribution in [3.05, 3.63) is 27.7 Å². The zero-order valence-electron chi connectivity index (χ0n) is 12.4. The first-order chi connectivity index (χ1) is 9.96. The maximum Gasteiger partial charge on any atom is 0.245 e. The summed E-state index contributed by atoms with van der Waals surface area (Å²) >= 11 is 9.38. The molecule has 8 heteroatoms. The van der Waals surface area contributed by atoms with Gasteiger partial charge in [0, 0.05) is 17.6 Å². The average molecular weight is 432 g/mol. The molecule has 0 radical (unpaired) electrons. The molecule has 0 amide bonds. The van der Waals surface area contributed by atoms with Crippen LogP contribution in [-0.4, -0.2) is 39.4 Å². The summed E-state index contributed by atoms with van der Waals surface area (Å²) in [5.74, 6) is 0.596. The van der Waals surface area contributed by atoms with Gasteiger partial charge in [-0.25, -0.2) is 8.42 Å². The van der Waals surface area contributed by atoms with E-state index in [-0.39, 0.29) is 22.3 Å². The molecule has 0 aromatic heterocycles. The molecule has 1 N–H and O–H groups in total. The van der Waals surface area contributed by atoms with E-state index in [2.05, 4.69) is 21.2 Å². The number of sulfonamides is 1. The summed E-state index contributed by atoms with van der Waals surface area (Å²) < 4.78 is 27.6. The molecule has 0 aliphatic carbocycles. The molecule has 0 spiro atoms. The van der Waals surface area contributed by atoms with Crippen LogP contribution in [0.2, 0.25) is 5.02 Å². The Morgan fingerprint density at radius 2 is 2.00 bits per heavy atom. The summed E-state index contributed by atoms with van der Waals surface area (Å²) in [6.45, 7) is 2.11. The van der Waals surface area contributed by atoms with Crippen molar-refractivity contribution < 1.29 is 8.42 Å². The van der Waals surface area contributed by atoms with Crippen LogP contribution in [0.4, 0.5) is 0 Å². The number of piperidine rings is 1. The summed E-state index contributed by atoms with van der Waals surface area (Å²) in [6.07, 6.45) is 2.91. The third-order valence-electron chi connectivity index (χ3n) is 3.89. The molecule has 2 rings (SSSR count). The predicted octanol–water partition coefficient (Wildman–Crippen LogP) is 3.53. The van der Waals surface area contributed by atoms with Gasteiger partial charge in [-0.15, -0.1) is 12.4 Å². The van der Waals surface area contributed by atoms with E-state index in [9.17, 15) is 8.42 Å². The van der Waals surface area contributed by atoms with E-state index in [0.29, 0.717) is 23.5 Å². The first-order valence-electron chi connectivity index (χ1n) is 7.05. The Bertz CT molecular complexity index is 570. The van der Waals surface area contributed by atoms with Gasteiger partial charge in [-0.2, -0.15) is 4.31 Å². The van der Waals surface area contributed by atoms with E-state index in [1.54, 1.807) is 22.5 Å². The number of hydrogen-bond acceptors (Lipinski definition) is 3. The van der Waals surface area contributed by atoms with E-state index in [4.69, 9.17) is 11.6 Å². The topological polar surface area (TPSA) is 49.4 Å². The minimum Gasteiger partial charge on any atom is -0.320 e. The number of benzene rings is 1. The average Bonchev–Trinajstić information content (AvgIpc) is 2.45. The molecule has 22 heavy (non-hydrogen) atoms. The highest BCUT2D eigenvalue weighted by Gasteiger charge is 2.32. The van der Waals surface area contributed by atoms with Crippen molar-refractivity contribution in [1.82, 2.24) is 9.62 Å². The Labute approximate surface area is 152 Å². The molecule has 1 fully saturated rings. The fourth-order valence-corrected chi connectivity index (χ4v) is 5.78. The second-order valence-electron chi connectivity index (χ2n) is 5.29. The van der Waals surface area contributed by atoms with Crippen LogP contribution < -0.4 is 5.32 Å². The maximum atomic E-state index is 12.7.